The predicted molar refractivity (Wildman–Crippen MR) is 185 cm³/mol. The summed E-state index contributed by atoms with van der Waals surface area (Å²) in [6.45, 7) is 11.8. The van der Waals surface area contributed by atoms with E-state index in [9.17, 15) is 19.5 Å². The van der Waals surface area contributed by atoms with Gasteiger partial charge in [-0.2, -0.15) is 0 Å². The van der Waals surface area contributed by atoms with Crippen molar-refractivity contribution in [2.24, 2.45) is 17.8 Å². The van der Waals surface area contributed by atoms with Crippen molar-refractivity contribution in [3.05, 3.63) is 84.4 Å². The second-order valence-corrected chi connectivity index (χ2v) is 13.2. The van der Waals surface area contributed by atoms with Crippen molar-refractivity contribution < 1.29 is 29.0 Å². The van der Waals surface area contributed by atoms with E-state index < -0.39 is 47.6 Å². The van der Waals surface area contributed by atoms with Gasteiger partial charge in [0.05, 0.1) is 36.7 Å². The minimum atomic E-state index is -1.28. The average molecular weight is 655 g/mol. The number of nitrogens with one attached hydrogen (secondary N) is 2. The van der Waals surface area contributed by atoms with Crippen LogP contribution in [-0.2, 0) is 19.1 Å². The summed E-state index contributed by atoms with van der Waals surface area (Å²) in [5.41, 5.74) is 0.612. The molecule has 3 unspecified atom stereocenters. The van der Waals surface area contributed by atoms with E-state index in [-0.39, 0.29) is 17.7 Å². The molecule has 3 heterocycles. The largest absolute Gasteiger partial charge is 0.494 e. The minimum Gasteiger partial charge on any atom is -0.494 e. The first-order valence-electron chi connectivity index (χ1n) is 17.0. The molecule has 0 aliphatic carbocycles. The second kappa shape index (κ2) is 13.2. The monoisotopic (exact) mass is 654 g/mol. The number of aliphatic hydroxyl groups excluding tert-OH is 1. The second-order valence-electron chi connectivity index (χ2n) is 13.2. The van der Waals surface area contributed by atoms with Gasteiger partial charge in [0, 0.05) is 30.2 Å². The Morgan fingerprint density at radius 3 is 2.15 bits per heavy atom. The Kier molecular flexibility index (Phi) is 9.24. The summed E-state index contributed by atoms with van der Waals surface area (Å²) in [4.78, 5) is 47.3. The Morgan fingerprint density at radius 2 is 1.56 bits per heavy atom. The average Bonchev–Trinajstić information content (AvgIpc) is 3.60. The van der Waals surface area contributed by atoms with E-state index in [1.54, 1.807) is 24.3 Å². The predicted octanol–water partition coefficient (Wildman–Crippen LogP) is 5.25. The molecule has 3 amide bonds. The van der Waals surface area contributed by atoms with Crippen LogP contribution >= 0.6 is 0 Å². The lowest BCUT2D eigenvalue weighted by molar-refractivity contribution is -0.148. The van der Waals surface area contributed by atoms with Gasteiger partial charge in [0.2, 0.25) is 17.7 Å². The molecule has 254 valence electrons. The Hall–Kier alpha value is -4.41. The van der Waals surface area contributed by atoms with E-state index >= 15 is 0 Å². The molecule has 0 aromatic heterocycles. The number of nitrogens with zero attached hydrogens (tertiary/aromatic N) is 2. The fourth-order valence-electron chi connectivity index (χ4n) is 8.32. The van der Waals surface area contributed by atoms with Crippen LogP contribution in [-0.4, -0.2) is 71.3 Å². The first-order chi connectivity index (χ1) is 23.1. The molecule has 0 saturated carbocycles. The first-order valence-corrected chi connectivity index (χ1v) is 17.0. The van der Waals surface area contributed by atoms with Crippen molar-refractivity contribution in [2.45, 2.75) is 64.3 Å². The van der Waals surface area contributed by atoms with Gasteiger partial charge in [0.15, 0.2) is 0 Å². The maximum atomic E-state index is 14.8. The van der Waals surface area contributed by atoms with Gasteiger partial charge in [-0.1, -0.05) is 37.3 Å². The van der Waals surface area contributed by atoms with Gasteiger partial charge in [0.1, 0.15) is 17.4 Å². The molecule has 7 atom stereocenters. The Morgan fingerprint density at radius 1 is 0.958 bits per heavy atom. The molecule has 2 bridgehead atoms. The Bertz CT molecular complexity index is 1630. The van der Waals surface area contributed by atoms with E-state index in [2.05, 4.69) is 29.4 Å². The molecular weight excluding hydrogens is 608 g/mol. The van der Waals surface area contributed by atoms with Crippen molar-refractivity contribution in [3.8, 4) is 5.75 Å². The van der Waals surface area contributed by atoms with Gasteiger partial charge >= 0.3 is 0 Å². The van der Waals surface area contributed by atoms with Crippen LogP contribution in [0.15, 0.2) is 78.9 Å². The summed E-state index contributed by atoms with van der Waals surface area (Å²) in [5.74, 6) is -2.39. The topological polar surface area (TPSA) is 120 Å². The summed E-state index contributed by atoms with van der Waals surface area (Å²) in [7, 11) is 0. The third-order valence-corrected chi connectivity index (χ3v) is 10.7. The van der Waals surface area contributed by atoms with E-state index in [1.807, 2.05) is 75.4 Å². The molecule has 3 N–H and O–H groups in total. The third kappa shape index (κ3) is 5.50. The molecule has 3 fully saturated rings. The number of ether oxygens (including phenoxy) is 2. The molecule has 3 aliphatic heterocycles. The van der Waals surface area contributed by atoms with Crippen LogP contribution in [0.2, 0.25) is 0 Å². The smallest absolute Gasteiger partial charge is 0.250 e. The normalized spacial score (nSPS) is 27.8. The Labute approximate surface area is 282 Å². The number of hydrogen-bond donors (Lipinski definition) is 3. The van der Waals surface area contributed by atoms with Gasteiger partial charge in [-0.3, -0.25) is 14.4 Å². The van der Waals surface area contributed by atoms with Crippen molar-refractivity contribution in [1.82, 2.24) is 4.90 Å². The number of amides is 3. The number of fused-ring (bicyclic) bond motifs is 1. The SMILES string of the molecule is CCOc1ccc(NC(=O)[C@H]2[C@H]3C(=O)N([C@H](CO)c4ccccc4)C(C(=O)Nc4ccc(N(CC)CC)cc4)C34CC(C)[C@]2(C)O4)cc1. The summed E-state index contributed by atoms with van der Waals surface area (Å²) < 4.78 is 12.4. The molecule has 6 rings (SSSR count). The summed E-state index contributed by atoms with van der Waals surface area (Å²) >= 11 is 0. The number of likely N-dealkylation sites (tertiary alicyclic amines) is 1. The molecular formula is C38H46N4O6. The van der Waals surface area contributed by atoms with Crippen LogP contribution in [0.1, 0.15) is 52.6 Å². The molecule has 3 aliphatic rings. The lowest BCUT2D eigenvalue weighted by Gasteiger charge is -2.37. The highest BCUT2D eigenvalue weighted by atomic mass is 16.5. The van der Waals surface area contributed by atoms with E-state index in [0.29, 0.717) is 35.7 Å². The van der Waals surface area contributed by atoms with Gasteiger partial charge in [-0.05, 0) is 94.1 Å². The van der Waals surface area contributed by atoms with Crippen LogP contribution < -0.4 is 20.3 Å². The summed E-state index contributed by atoms with van der Waals surface area (Å²) in [6.07, 6.45) is 0.412. The van der Waals surface area contributed by atoms with Gasteiger partial charge in [-0.25, -0.2) is 0 Å². The number of aliphatic hydroxyl groups is 1. The van der Waals surface area contributed by atoms with Crippen molar-refractivity contribution in [1.29, 1.82) is 0 Å². The lowest BCUT2D eigenvalue weighted by Crippen LogP contribution is -2.54. The molecule has 3 aromatic rings. The molecule has 3 aromatic carbocycles. The molecule has 0 radical (unpaired) electrons. The highest BCUT2D eigenvalue weighted by Gasteiger charge is 2.80. The summed E-state index contributed by atoms with van der Waals surface area (Å²) in [5, 5.41) is 16.8. The maximum absolute atomic E-state index is 14.8. The van der Waals surface area contributed by atoms with Crippen molar-refractivity contribution in [3.63, 3.8) is 0 Å². The fraction of sp³-hybridized carbons (Fsp3) is 0.447. The molecule has 10 nitrogen and oxygen atoms in total. The molecule has 48 heavy (non-hydrogen) atoms. The molecule has 3 saturated heterocycles. The fourth-order valence-corrected chi connectivity index (χ4v) is 8.32. The zero-order valence-corrected chi connectivity index (χ0v) is 28.3. The number of carbonyl (C=O) groups excluding carboxylic acids is 3. The maximum Gasteiger partial charge on any atom is 0.250 e. The van der Waals surface area contributed by atoms with Gasteiger partial charge in [0.25, 0.3) is 0 Å². The Balaban J connectivity index is 1.38. The first kappa shape index (κ1) is 33.5. The van der Waals surface area contributed by atoms with Crippen LogP contribution in [0, 0.1) is 17.8 Å². The van der Waals surface area contributed by atoms with Crippen LogP contribution in [0.4, 0.5) is 17.1 Å². The minimum absolute atomic E-state index is 0.134. The van der Waals surface area contributed by atoms with Crippen molar-refractivity contribution >= 4 is 34.8 Å². The highest BCUT2D eigenvalue weighted by Crippen LogP contribution is 2.66. The zero-order chi connectivity index (χ0) is 34.2. The van der Waals surface area contributed by atoms with Crippen LogP contribution in [0.5, 0.6) is 5.75 Å². The quantitative estimate of drug-likeness (QED) is 0.244. The third-order valence-electron chi connectivity index (χ3n) is 10.7. The highest BCUT2D eigenvalue weighted by molar-refractivity contribution is 6.05. The van der Waals surface area contributed by atoms with Gasteiger partial charge < -0.3 is 35.0 Å². The number of rotatable bonds is 12. The van der Waals surface area contributed by atoms with E-state index in [4.69, 9.17) is 9.47 Å². The van der Waals surface area contributed by atoms with Gasteiger partial charge in [-0.15, -0.1) is 0 Å². The van der Waals surface area contributed by atoms with E-state index in [0.717, 1.165) is 18.8 Å². The van der Waals surface area contributed by atoms with Crippen LogP contribution in [0.3, 0.4) is 0 Å². The van der Waals surface area contributed by atoms with Crippen molar-refractivity contribution in [2.75, 3.05) is 41.8 Å². The van der Waals surface area contributed by atoms with E-state index in [1.165, 1.54) is 4.90 Å². The number of carbonyl (C=O) groups is 3. The van der Waals surface area contributed by atoms with Crippen LogP contribution in [0.25, 0.3) is 0 Å². The number of hydrogen-bond acceptors (Lipinski definition) is 7. The molecule has 10 heteroatoms. The molecule has 1 spiro atoms. The number of benzene rings is 3. The lowest BCUT2D eigenvalue weighted by atomic mass is 9.62. The summed E-state index contributed by atoms with van der Waals surface area (Å²) in [6, 6.07) is 22.0. The zero-order valence-electron chi connectivity index (χ0n) is 28.3. The number of anilines is 3. The standard InChI is InChI=1S/C38H46N4O6/c1-6-41(7-2)28-18-14-26(15-19-28)40-35(45)33-38-22-24(4)37(5,48-38)31(34(44)39-27-16-20-29(21-17-27)47-8-3)32(38)36(46)42(33)30(23-43)25-12-10-9-11-13-25/h9-21,24,30-33,43H,6-8,22-23H2,1-5H3,(H,39,44)(H,40,45)/t24?,30-,31-,32+,33?,37+,38?/m1/s1.